The summed E-state index contributed by atoms with van der Waals surface area (Å²) < 4.78 is 5.47. The second kappa shape index (κ2) is 4.83. The molecule has 0 saturated carbocycles. The molecule has 0 radical (unpaired) electrons. The predicted octanol–water partition coefficient (Wildman–Crippen LogP) is -0.112. The molecule has 2 rings (SSSR count). The fourth-order valence-corrected chi connectivity index (χ4v) is 1.98. The Bertz CT molecular complexity index is 367. The fraction of sp³-hybridized carbons (Fsp3) is 0.727. The van der Waals surface area contributed by atoms with E-state index in [1.165, 1.54) is 0 Å². The number of amides is 2. The van der Waals surface area contributed by atoms with E-state index in [2.05, 4.69) is 10.5 Å². The Morgan fingerprint density at radius 2 is 2.24 bits per heavy atom. The molecule has 0 aromatic heterocycles. The molecular formula is C11H17N3O3. The van der Waals surface area contributed by atoms with Gasteiger partial charge in [-0.25, -0.2) is 5.43 Å². The first kappa shape index (κ1) is 12.0. The zero-order chi connectivity index (χ0) is 12.4. The third-order valence-electron chi connectivity index (χ3n) is 3.02. The number of ether oxygens (including phenoxy) is 1. The molecule has 17 heavy (non-hydrogen) atoms. The van der Waals surface area contributed by atoms with E-state index >= 15 is 0 Å². The average molecular weight is 239 g/mol. The van der Waals surface area contributed by atoms with E-state index < -0.39 is 0 Å². The van der Waals surface area contributed by atoms with Gasteiger partial charge in [0.2, 0.25) is 5.91 Å². The Morgan fingerprint density at radius 3 is 2.88 bits per heavy atom. The summed E-state index contributed by atoms with van der Waals surface area (Å²) in [7, 11) is 0. The van der Waals surface area contributed by atoms with Gasteiger partial charge < -0.3 is 9.64 Å². The molecule has 2 amide bonds. The highest BCUT2D eigenvalue weighted by Crippen LogP contribution is 2.14. The first-order valence-corrected chi connectivity index (χ1v) is 5.86. The number of nitrogens with zero attached hydrogens (tertiary/aromatic N) is 2. The van der Waals surface area contributed by atoms with Gasteiger partial charge in [-0.05, 0) is 13.8 Å². The third-order valence-corrected chi connectivity index (χ3v) is 3.02. The topological polar surface area (TPSA) is 71.0 Å². The van der Waals surface area contributed by atoms with E-state index in [-0.39, 0.29) is 24.0 Å². The standard InChI is InChI=1S/C11H17N3O3/c1-7-6-17-8(2)5-14(7)11(16)9-3-4-10(15)13-12-9/h7-8H,3-6H2,1-2H3,(H,13,15)/t7-,8+/m0/s1. The number of carbonyl (C=O) groups excluding carboxylic acids is 2. The average Bonchev–Trinajstić information content (AvgIpc) is 2.32. The van der Waals surface area contributed by atoms with E-state index in [0.29, 0.717) is 31.7 Å². The Morgan fingerprint density at radius 1 is 1.47 bits per heavy atom. The van der Waals surface area contributed by atoms with Gasteiger partial charge in [-0.3, -0.25) is 9.59 Å². The first-order valence-electron chi connectivity index (χ1n) is 5.86. The molecule has 6 nitrogen and oxygen atoms in total. The zero-order valence-electron chi connectivity index (χ0n) is 10.1. The number of hydrogen-bond acceptors (Lipinski definition) is 4. The maximum absolute atomic E-state index is 12.2. The number of hydrazone groups is 1. The SMILES string of the molecule is C[C@@H]1CN(C(=O)C2=NNC(=O)CC2)[C@@H](C)CO1. The number of nitrogens with one attached hydrogen (secondary N) is 1. The van der Waals surface area contributed by atoms with Crippen molar-refractivity contribution in [1.29, 1.82) is 0 Å². The van der Waals surface area contributed by atoms with Crippen molar-refractivity contribution >= 4 is 17.5 Å². The van der Waals surface area contributed by atoms with Crippen molar-refractivity contribution < 1.29 is 14.3 Å². The minimum atomic E-state index is -0.134. The number of hydrogen-bond donors (Lipinski definition) is 1. The highest BCUT2D eigenvalue weighted by atomic mass is 16.5. The van der Waals surface area contributed by atoms with E-state index in [4.69, 9.17) is 4.74 Å². The summed E-state index contributed by atoms with van der Waals surface area (Å²) in [4.78, 5) is 24.9. The molecule has 0 aromatic rings. The number of rotatable bonds is 1. The number of carbonyl (C=O) groups is 2. The van der Waals surface area contributed by atoms with E-state index in [9.17, 15) is 9.59 Å². The zero-order valence-corrected chi connectivity index (χ0v) is 10.1. The van der Waals surface area contributed by atoms with Crippen LogP contribution in [0.1, 0.15) is 26.7 Å². The normalized spacial score (nSPS) is 29.6. The van der Waals surface area contributed by atoms with E-state index in [0.717, 1.165) is 0 Å². The quantitative estimate of drug-likeness (QED) is 0.694. The highest BCUT2D eigenvalue weighted by Gasteiger charge is 2.31. The minimum Gasteiger partial charge on any atom is -0.375 e. The van der Waals surface area contributed by atoms with Crippen LogP contribution in [-0.4, -0.2) is 47.7 Å². The van der Waals surface area contributed by atoms with Crippen LogP contribution in [0.3, 0.4) is 0 Å². The molecule has 0 aromatic carbocycles. The van der Waals surface area contributed by atoms with Gasteiger partial charge in [0.05, 0.1) is 18.8 Å². The lowest BCUT2D eigenvalue weighted by Crippen LogP contribution is -2.53. The summed E-state index contributed by atoms with van der Waals surface area (Å²) in [6.07, 6.45) is 0.802. The van der Waals surface area contributed by atoms with E-state index in [1.807, 2.05) is 13.8 Å². The predicted molar refractivity (Wildman–Crippen MR) is 61.4 cm³/mol. The Hall–Kier alpha value is -1.43. The molecule has 1 saturated heterocycles. The minimum absolute atomic E-state index is 0.0499. The monoisotopic (exact) mass is 239 g/mol. The van der Waals surface area contributed by atoms with Crippen LogP contribution >= 0.6 is 0 Å². The lowest BCUT2D eigenvalue weighted by molar-refractivity contribution is -0.136. The molecule has 2 heterocycles. The lowest BCUT2D eigenvalue weighted by Gasteiger charge is -2.37. The second-order valence-electron chi connectivity index (χ2n) is 4.54. The third kappa shape index (κ3) is 2.63. The molecule has 2 aliphatic rings. The molecule has 2 atom stereocenters. The maximum atomic E-state index is 12.2. The Kier molecular flexibility index (Phi) is 3.42. The molecule has 6 heteroatoms. The van der Waals surface area contributed by atoms with Crippen LogP contribution in [0, 0.1) is 0 Å². The molecule has 94 valence electrons. The fourth-order valence-electron chi connectivity index (χ4n) is 1.98. The van der Waals surface area contributed by atoms with Gasteiger partial charge in [0.25, 0.3) is 5.91 Å². The van der Waals surface area contributed by atoms with Gasteiger partial charge >= 0.3 is 0 Å². The van der Waals surface area contributed by atoms with Crippen molar-refractivity contribution in [3.8, 4) is 0 Å². The van der Waals surface area contributed by atoms with Crippen molar-refractivity contribution in [1.82, 2.24) is 10.3 Å². The van der Waals surface area contributed by atoms with Gasteiger partial charge in [-0.2, -0.15) is 5.10 Å². The van der Waals surface area contributed by atoms with Crippen LogP contribution in [0.2, 0.25) is 0 Å². The molecular weight excluding hydrogens is 222 g/mol. The van der Waals surface area contributed by atoms with Crippen LogP contribution in [0.25, 0.3) is 0 Å². The lowest BCUT2D eigenvalue weighted by atomic mass is 10.1. The van der Waals surface area contributed by atoms with E-state index in [1.54, 1.807) is 4.90 Å². The Labute approximate surface area is 100.0 Å². The van der Waals surface area contributed by atoms with Gasteiger partial charge in [0, 0.05) is 19.4 Å². The second-order valence-corrected chi connectivity index (χ2v) is 4.54. The van der Waals surface area contributed by atoms with Gasteiger partial charge in [0.15, 0.2) is 0 Å². The first-order chi connectivity index (χ1) is 8.08. The van der Waals surface area contributed by atoms with Crippen LogP contribution in [0.5, 0.6) is 0 Å². The largest absolute Gasteiger partial charge is 0.375 e. The van der Waals surface area contributed by atoms with Crippen molar-refractivity contribution in [2.75, 3.05) is 13.2 Å². The van der Waals surface area contributed by atoms with Crippen LogP contribution < -0.4 is 5.43 Å². The Balaban J connectivity index is 2.06. The van der Waals surface area contributed by atoms with Gasteiger partial charge in [0.1, 0.15) is 5.71 Å². The van der Waals surface area contributed by atoms with Crippen molar-refractivity contribution in [2.24, 2.45) is 5.10 Å². The van der Waals surface area contributed by atoms with Gasteiger partial charge in [-0.1, -0.05) is 0 Å². The molecule has 0 spiro atoms. The smallest absolute Gasteiger partial charge is 0.270 e. The summed E-state index contributed by atoms with van der Waals surface area (Å²) in [5, 5.41) is 3.83. The summed E-state index contributed by atoms with van der Waals surface area (Å²) in [6.45, 7) is 5.02. The van der Waals surface area contributed by atoms with Crippen LogP contribution in [0.15, 0.2) is 5.10 Å². The molecule has 0 bridgehead atoms. The summed E-state index contributed by atoms with van der Waals surface area (Å²) >= 11 is 0. The molecule has 0 unspecified atom stereocenters. The summed E-state index contributed by atoms with van der Waals surface area (Å²) in [5.74, 6) is -0.224. The van der Waals surface area contributed by atoms with Crippen LogP contribution in [0.4, 0.5) is 0 Å². The molecule has 2 aliphatic heterocycles. The highest BCUT2D eigenvalue weighted by molar-refractivity contribution is 6.39. The van der Waals surface area contributed by atoms with Crippen LogP contribution in [-0.2, 0) is 14.3 Å². The van der Waals surface area contributed by atoms with Crippen molar-refractivity contribution in [2.45, 2.75) is 38.8 Å². The summed E-state index contributed by atoms with van der Waals surface area (Å²) in [6, 6.07) is 0.0547. The molecule has 0 aliphatic carbocycles. The maximum Gasteiger partial charge on any atom is 0.270 e. The van der Waals surface area contributed by atoms with Crippen molar-refractivity contribution in [3.05, 3.63) is 0 Å². The summed E-state index contributed by atoms with van der Waals surface area (Å²) in [5.41, 5.74) is 2.78. The van der Waals surface area contributed by atoms with Gasteiger partial charge in [-0.15, -0.1) is 0 Å². The van der Waals surface area contributed by atoms with Crippen molar-refractivity contribution in [3.63, 3.8) is 0 Å². The molecule has 1 N–H and O–H groups in total. The number of morpholine rings is 1. The molecule has 1 fully saturated rings.